The molecule has 3 aromatic rings. The Kier molecular flexibility index (Phi) is 4.30. The molecule has 1 aromatic heterocycles. The van der Waals surface area contributed by atoms with Crippen molar-refractivity contribution in [2.24, 2.45) is 0 Å². The number of fused-ring (bicyclic) bond motifs is 1. The molecular weight excluding hydrogens is 358 g/mol. The number of aryl methyl sites for hydroxylation is 1. The van der Waals surface area contributed by atoms with Gasteiger partial charge < -0.3 is 9.72 Å². The van der Waals surface area contributed by atoms with Crippen LogP contribution >= 0.6 is 15.9 Å². The molecule has 0 atom stereocenters. The summed E-state index contributed by atoms with van der Waals surface area (Å²) >= 11 is 3.31. The van der Waals surface area contributed by atoms with Gasteiger partial charge in [0.1, 0.15) is 6.61 Å². The van der Waals surface area contributed by atoms with Gasteiger partial charge in [-0.15, -0.1) is 0 Å². The van der Waals surface area contributed by atoms with Gasteiger partial charge in [-0.3, -0.25) is 4.79 Å². The predicted molar refractivity (Wildman–Crippen MR) is 92.6 cm³/mol. The van der Waals surface area contributed by atoms with Crippen LogP contribution in [-0.2, 0) is 11.3 Å². The van der Waals surface area contributed by atoms with Crippen LogP contribution in [0, 0.1) is 6.92 Å². The summed E-state index contributed by atoms with van der Waals surface area (Å²) in [5.41, 5.74) is 2.41. The molecule has 0 spiro atoms. The summed E-state index contributed by atoms with van der Waals surface area (Å²) < 4.78 is 5.93. The highest BCUT2D eigenvalue weighted by Crippen LogP contribution is 2.18. The average molecular weight is 372 g/mol. The summed E-state index contributed by atoms with van der Waals surface area (Å²) in [5, 5.41) is 0.913. The maximum Gasteiger partial charge on any atom is 0.339 e. The van der Waals surface area contributed by atoms with Crippen molar-refractivity contribution in [2.75, 3.05) is 0 Å². The molecule has 3 rings (SSSR count). The number of benzene rings is 2. The highest BCUT2D eigenvalue weighted by Gasteiger charge is 2.12. The molecule has 0 saturated heterocycles. The number of carbonyl (C=O) groups excluding carboxylic acids is 1. The van der Waals surface area contributed by atoms with Gasteiger partial charge >= 0.3 is 5.97 Å². The average Bonchev–Trinajstić information content (AvgIpc) is 2.54. The summed E-state index contributed by atoms with van der Waals surface area (Å²) in [6.45, 7) is 1.87. The predicted octanol–water partition coefficient (Wildman–Crippen LogP) is 3.96. The Bertz CT molecular complexity index is 946. The molecule has 1 N–H and O–H groups in total. The third-order valence-electron chi connectivity index (χ3n) is 3.62. The van der Waals surface area contributed by atoms with Crippen LogP contribution < -0.4 is 5.56 Å². The Morgan fingerprint density at radius 2 is 1.96 bits per heavy atom. The molecule has 0 saturated carbocycles. The fraction of sp³-hybridized carbons (Fsp3) is 0.111. The molecule has 0 amide bonds. The fourth-order valence-corrected chi connectivity index (χ4v) is 2.83. The molecule has 1 heterocycles. The van der Waals surface area contributed by atoms with E-state index in [2.05, 4.69) is 20.9 Å². The van der Waals surface area contributed by atoms with Gasteiger partial charge in [-0.25, -0.2) is 4.79 Å². The lowest BCUT2D eigenvalue weighted by atomic mass is 10.1. The Morgan fingerprint density at radius 1 is 1.17 bits per heavy atom. The number of rotatable bonds is 3. The van der Waals surface area contributed by atoms with Crippen molar-refractivity contribution in [3.05, 3.63) is 80.0 Å². The number of aromatic amines is 1. The first-order valence-corrected chi connectivity index (χ1v) is 7.89. The lowest BCUT2D eigenvalue weighted by Crippen LogP contribution is -2.16. The van der Waals surface area contributed by atoms with Crippen LogP contribution in [0.3, 0.4) is 0 Å². The summed E-state index contributed by atoms with van der Waals surface area (Å²) in [6.07, 6.45) is 0. The molecular formula is C18H14BrNO3. The second kappa shape index (κ2) is 6.38. The number of esters is 1. The first-order chi connectivity index (χ1) is 11.1. The van der Waals surface area contributed by atoms with Gasteiger partial charge in [0.25, 0.3) is 5.56 Å². The second-order valence-electron chi connectivity index (χ2n) is 5.22. The van der Waals surface area contributed by atoms with E-state index in [1.54, 1.807) is 24.3 Å². The van der Waals surface area contributed by atoms with Crippen molar-refractivity contribution in [1.29, 1.82) is 0 Å². The highest BCUT2D eigenvalue weighted by molar-refractivity contribution is 9.10. The van der Waals surface area contributed by atoms with Crippen molar-refractivity contribution < 1.29 is 9.53 Å². The minimum Gasteiger partial charge on any atom is -0.457 e. The lowest BCUT2D eigenvalue weighted by Gasteiger charge is -2.08. The Balaban J connectivity index is 1.85. The largest absolute Gasteiger partial charge is 0.457 e. The monoisotopic (exact) mass is 371 g/mol. The number of para-hydroxylation sites is 1. The zero-order valence-corrected chi connectivity index (χ0v) is 14.0. The van der Waals surface area contributed by atoms with Crippen LogP contribution in [-0.4, -0.2) is 11.0 Å². The van der Waals surface area contributed by atoms with Crippen LogP contribution in [0.15, 0.2) is 57.8 Å². The van der Waals surface area contributed by atoms with Gasteiger partial charge in [-0.05, 0) is 52.0 Å². The third kappa shape index (κ3) is 3.19. The number of pyridine rings is 1. The maximum atomic E-state index is 12.1. The van der Waals surface area contributed by atoms with E-state index in [9.17, 15) is 9.59 Å². The first kappa shape index (κ1) is 15.5. The summed E-state index contributed by atoms with van der Waals surface area (Å²) in [5.74, 6) is -0.471. The number of nitrogens with one attached hydrogen (secondary N) is 1. The molecule has 2 aromatic carbocycles. The minimum atomic E-state index is -0.471. The Hall–Kier alpha value is -2.40. The van der Waals surface area contributed by atoms with Gasteiger partial charge in [0, 0.05) is 4.47 Å². The van der Waals surface area contributed by atoms with Gasteiger partial charge in [-0.2, -0.15) is 0 Å². The smallest absolute Gasteiger partial charge is 0.339 e. The van der Waals surface area contributed by atoms with E-state index in [-0.39, 0.29) is 12.2 Å². The zero-order valence-electron chi connectivity index (χ0n) is 12.4. The molecule has 116 valence electrons. The highest BCUT2D eigenvalue weighted by atomic mass is 79.9. The van der Waals surface area contributed by atoms with Crippen molar-refractivity contribution in [3.63, 3.8) is 0 Å². The Labute approximate surface area is 141 Å². The number of H-pyrrole nitrogens is 1. The summed E-state index contributed by atoms with van der Waals surface area (Å²) in [7, 11) is 0. The van der Waals surface area contributed by atoms with Crippen LogP contribution in [0.5, 0.6) is 0 Å². The van der Waals surface area contributed by atoms with E-state index in [1.807, 2.05) is 31.2 Å². The van der Waals surface area contributed by atoms with Gasteiger partial charge in [-0.1, -0.05) is 30.3 Å². The topological polar surface area (TPSA) is 59.2 Å². The second-order valence-corrected chi connectivity index (χ2v) is 6.07. The molecule has 0 radical (unpaired) electrons. The van der Waals surface area contributed by atoms with Crippen molar-refractivity contribution in [3.8, 4) is 0 Å². The number of hydrogen-bond acceptors (Lipinski definition) is 3. The minimum absolute atomic E-state index is 0.0701. The van der Waals surface area contributed by atoms with Crippen LogP contribution in [0.25, 0.3) is 10.9 Å². The van der Waals surface area contributed by atoms with Crippen LogP contribution in [0.2, 0.25) is 0 Å². The number of ether oxygens (including phenoxy) is 1. The normalized spacial score (nSPS) is 10.7. The summed E-state index contributed by atoms with van der Waals surface area (Å²) in [6, 6.07) is 14.5. The number of carbonyl (C=O) groups is 1. The standard InChI is InChI=1S/C18H14BrNO3/c1-11-5-4-6-12-9-13(17(21)20-16(11)12)10-23-18(22)14-7-2-3-8-15(14)19/h2-9H,10H2,1H3,(H,20,21). The molecule has 0 fully saturated rings. The van der Waals surface area contributed by atoms with Gasteiger partial charge in [0.15, 0.2) is 0 Å². The fourth-order valence-electron chi connectivity index (χ4n) is 2.38. The molecule has 5 heteroatoms. The first-order valence-electron chi connectivity index (χ1n) is 7.09. The molecule has 4 nitrogen and oxygen atoms in total. The van der Waals surface area contributed by atoms with Crippen molar-refractivity contribution >= 4 is 32.8 Å². The van der Waals surface area contributed by atoms with E-state index in [4.69, 9.17) is 4.74 Å². The molecule has 0 bridgehead atoms. The molecule has 0 aliphatic heterocycles. The van der Waals surface area contributed by atoms with Gasteiger partial charge in [0.05, 0.1) is 16.6 Å². The number of halogens is 1. The molecule has 0 aliphatic carbocycles. The zero-order chi connectivity index (χ0) is 16.4. The van der Waals surface area contributed by atoms with E-state index in [1.165, 1.54) is 0 Å². The quantitative estimate of drug-likeness (QED) is 0.708. The van der Waals surface area contributed by atoms with Gasteiger partial charge in [0.2, 0.25) is 0 Å². The van der Waals surface area contributed by atoms with E-state index in [0.29, 0.717) is 15.6 Å². The van der Waals surface area contributed by atoms with Crippen molar-refractivity contribution in [2.45, 2.75) is 13.5 Å². The van der Waals surface area contributed by atoms with Crippen molar-refractivity contribution in [1.82, 2.24) is 4.98 Å². The maximum absolute atomic E-state index is 12.1. The SMILES string of the molecule is Cc1cccc2cc(COC(=O)c3ccccc3Br)c(=O)[nH]c12. The van der Waals surface area contributed by atoms with E-state index >= 15 is 0 Å². The third-order valence-corrected chi connectivity index (χ3v) is 4.31. The number of hydrogen-bond donors (Lipinski definition) is 1. The molecule has 0 unspecified atom stereocenters. The van der Waals surface area contributed by atoms with Crippen LogP contribution in [0.1, 0.15) is 21.5 Å². The summed E-state index contributed by atoms with van der Waals surface area (Å²) in [4.78, 5) is 27.1. The van der Waals surface area contributed by atoms with E-state index < -0.39 is 5.97 Å². The van der Waals surface area contributed by atoms with Crippen LogP contribution in [0.4, 0.5) is 0 Å². The van der Waals surface area contributed by atoms with E-state index in [0.717, 1.165) is 16.5 Å². The Morgan fingerprint density at radius 3 is 2.74 bits per heavy atom. The molecule has 23 heavy (non-hydrogen) atoms. The molecule has 0 aliphatic rings. The lowest BCUT2D eigenvalue weighted by molar-refractivity contribution is 0.0470. The number of aromatic nitrogens is 1.